The topological polar surface area (TPSA) is 12.5 Å². The molecule has 0 aromatic heterocycles. The Morgan fingerprint density at radius 2 is 1.68 bits per heavy atom. The fraction of sp³-hybridized carbons (Fsp3) is 0.655. The number of alkyl halides is 3. The van der Waals surface area contributed by atoms with Crippen LogP contribution in [0, 0.1) is 11.8 Å². The number of hydrogen-bond acceptors (Lipinski definition) is 2. The molecule has 0 amide bonds. The molecular weight excluding hydrogens is 435 g/mol. The van der Waals surface area contributed by atoms with E-state index in [1.807, 2.05) is 18.2 Å². The molecular formula is C29H40F3NO. The Kier molecular flexibility index (Phi) is 8.12. The van der Waals surface area contributed by atoms with Gasteiger partial charge in [0.2, 0.25) is 0 Å². The van der Waals surface area contributed by atoms with Crippen molar-refractivity contribution in [1.82, 2.24) is 4.90 Å². The zero-order valence-electron chi connectivity index (χ0n) is 21.0. The highest BCUT2D eigenvalue weighted by atomic mass is 19.4. The first-order valence-corrected chi connectivity index (χ1v) is 13.4. The van der Waals surface area contributed by atoms with Gasteiger partial charge in [-0.05, 0) is 91.8 Å². The Labute approximate surface area is 202 Å². The largest absolute Gasteiger partial charge is 0.490 e. The third-order valence-corrected chi connectivity index (χ3v) is 8.29. The molecule has 0 bridgehead atoms. The van der Waals surface area contributed by atoms with Crippen molar-refractivity contribution in [2.24, 2.45) is 11.8 Å². The molecule has 2 nitrogen and oxygen atoms in total. The van der Waals surface area contributed by atoms with Crippen molar-refractivity contribution in [2.75, 3.05) is 13.1 Å². The first kappa shape index (κ1) is 25.3. The van der Waals surface area contributed by atoms with Crippen molar-refractivity contribution >= 4 is 10.8 Å². The van der Waals surface area contributed by atoms with Gasteiger partial charge < -0.3 is 4.74 Å². The van der Waals surface area contributed by atoms with Gasteiger partial charge in [-0.15, -0.1) is 0 Å². The van der Waals surface area contributed by atoms with Crippen LogP contribution in [0.1, 0.15) is 95.7 Å². The van der Waals surface area contributed by atoms with Crippen LogP contribution in [-0.2, 0) is 6.18 Å². The third kappa shape index (κ3) is 5.56. The van der Waals surface area contributed by atoms with E-state index >= 15 is 0 Å². The number of fused-ring (bicyclic) bond motifs is 1. The van der Waals surface area contributed by atoms with Crippen molar-refractivity contribution in [3.05, 3.63) is 41.5 Å². The zero-order chi connectivity index (χ0) is 24.3. The summed E-state index contributed by atoms with van der Waals surface area (Å²) in [4.78, 5) is 2.54. The number of rotatable bonds is 7. The third-order valence-electron chi connectivity index (χ3n) is 8.29. The van der Waals surface area contributed by atoms with Crippen molar-refractivity contribution in [3.63, 3.8) is 0 Å². The number of halogens is 3. The van der Waals surface area contributed by atoms with Gasteiger partial charge in [0.25, 0.3) is 0 Å². The van der Waals surface area contributed by atoms with E-state index in [0.29, 0.717) is 17.2 Å². The Bertz CT molecular complexity index is 948. The van der Waals surface area contributed by atoms with Gasteiger partial charge in [-0.2, -0.15) is 13.2 Å². The minimum absolute atomic E-state index is 0.0124. The van der Waals surface area contributed by atoms with Gasteiger partial charge in [0.05, 0.1) is 6.10 Å². The summed E-state index contributed by atoms with van der Waals surface area (Å²) in [7, 11) is 0. The van der Waals surface area contributed by atoms with Gasteiger partial charge >= 0.3 is 6.18 Å². The minimum Gasteiger partial charge on any atom is -0.490 e. The van der Waals surface area contributed by atoms with Crippen LogP contribution in [-0.4, -0.2) is 24.1 Å². The van der Waals surface area contributed by atoms with Gasteiger partial charge in [-0.1, -0.05) is 51.8 Å². The second-order valence-corrected chi connectivity index (χ2v) is 10.4. The summed E-state index contributed by atoms with van der Waals surface area (Å²) in [5.41, 5.74) is 0.498. The Morgan fingerprint density at radius 3 is 2.32 bits per heavy atom. The van der Waals surface area contributed by atoms with Crippen LogP contribution in [0.3, 0.4) is 0 Å². The highest BCUT2D eigenvalue weighted by molar-refractivity contribution is 5.89. The quantitative estimate of drug-likeness (QED) is 0.397. The van der Waals surface area contributed by atoms with Crippen LogP contribution in [0.15, 0.2) is 30.3 Å². The Morgan fingerprint density at radius 1 is 0.941 bits per heavy atom. The molecule has 2 aromatic carbocycles. The fourth-order valence-corrected chi connectivity index (χ4v) is 6.18. The molecule has 5 heteroatoms. The monoisotopic (exact) mass is 475 g/mol. The summed E-state index contributed by atoms with van der Waals surface area (Å²) in [6, 6.07) is 9.19. The molecule has 2 unspecified atom stereocenters. The SMILES string of the molecule is CCC1CCC(Oc2ccc3cc(C(CC)N4CCCC(CC)C4)ccc3c2C(F)(F)F)CC1. The van der Waals surface area contributed by atoms with Crippen LogP contribution in [0.2, 0.25) is 0 Å². The van der Waals surface area contributed by atoms with Crippen molar-refractivity contribution < 1.29 is 17.9 Å². The van der Waals surface area contributed by atoms with E-state index in [2.05, 4.69) is 25.7 Å². The predicted octanol–water partition coefficient (Wildman–Crippen LogP) is 8.78. The number of benzene rings is 2. The second-order valence-electron chi connectivity index (χ2n) is 10.4. The van der Waals surface area contributed by atoms with E-state index in [0.717, 1.165) is 57.2 Å². The van der Waals surface area contributed by atoms with Gasteiger partial charge in [0.15, 0.2) is 0 Å². The maximum Gasteiger partial charge on any atom is 0.420 e. The molecule has 1 aliphatic heterocycles. The molecule has 2 fully saturated rings. The minimum atomic E-state index is -4.46. The molecule has 188 valence electrons. The van der Waals surface area contributed by atoms with Crippen molar-refractivity contribution in [1.29, 1.82) is 0 Å². The van der Waals surface area contributed by atoms with Gasteiger partial charge in [-0.3, -0.25) is 4.90 Å². The highest BCUT2D eigenvalue weighted by Gasteiger charge is 2.37. The van der Waals surface area contributed by atoms with Crippen molar-refractivity contribution in [2.45, 2.75) is 96.9 Å². The van der Waals surface area contributed by atoms with E-state index in [1.165, 1.54) is 19.3 Å². The first-order valence-electron chi connectivity index (χ1n) is 13.4. The lowest BCUT2D eigenvalue weighted by Crippen LogP contribution is -2.37. The molecule has 1 saturated carbocycles. The number of nitrogens with zero attached hydrogens (tertiary/aromatic N) is 1. The fourth-order valence-electron chi connectivity index (χ4n) is 6.18. The molecule has 2 atom stereocenters. The highest BCUT2D eigenvalue weighted by Crippen LogP contribution is 2.43. The molecule has 2 aliphatic rings. The summed E-state index contributed by atoms with van der Waals surface area (Å²) in [6.45, 7) is 8.75. The van der Waals surface area contributed by atoms with E-state index in [4.69, 9.17) is 4.74 Å². The zero-order valence-corrected chi connectivity index (χ0v) is 21.0. The average Bonchev–Trinajstić information content (AvgIpc) is 2.84. The molecule has 1 aliphatic carbocycles. The van der Waals surface area contributed by atoms with E-state index < -0.39 is 11.7 Å². The molecule has 0 spiro atoms. The molecule has 1 heterocycles. The smallest absolute Gasteiger partial charge is 0.420 e. The molecule has 34 heavy (non-hydrogen) atoms. The summed E-state index contributed by atoms with van der Waals surface area (Å²) in [6.07, 6.45) is 4.89. The van der Waals surface area contributed by atoms with Crippen molar-refractivity contribution in [3.8, 4) is 5.75 Å². The lowest BCUT2D eigenvalue weighted by molar-refractivity contribution is -0.138. The van der Waals surface area contributed by atoms with Gasteiger partial charge in [0.1, 0.15) is 11.3 Å². The number of ether oxygens (including phenoxy) is 1. The molecule has 4 rings (SSSR count). The lowest BCUT2D eigenvalue weighted by Gasteiger charge is -2.38. The summed E-state index contributed by atoms with van der Waals surface area (Å²) >= 11 is 0. The Hall–Kier alpha value is -1.75. The predicted molar refractivity (Wildman–Crippen MR) is 133 cm³/mol. The molecule has 1 saturated heterocycles. The maximum absolute atomic E-state index is 14.3. The Balaban J connectivity index is 1.63. The summed E-state index contributed by atoms with van der Waals surface area (Å²) < 4.78 is 48.8. The standard InChI is InChI=1S/C29H40F3NO/c1-4-20-9-13-24(14-10-20)34-27-16-12-22-18-23(11-15-25(22)28(27)29(30,31)32)26(6-3)33-17-7-8-21(5-2)19-33/h11-12,15-16,18,20-21,24,26H,4-10,13-14,17,19H2,1-3H3. The van der Waals surface area contributed by atoms with E-state index in [9.17, 15) is 13.2 Å². The normalized spacial score (nSPS) is 25.4. The van der Waals surface area contributed by atoms with Gasteiger partial charge in [-0.25, -0.2) is 0 Å². The van der Waals surface area contributed by atoms with Crippen LogP contribution in [0.5, 0.6) is 5.75 Å². The first-order chi connectivity index (χ1) is 16.3. The van der Waals surface area contributed by atoms with Gasteiger partial charge in [0, 0.05) is 12.6 Å². The van der Waals surface area contributed by atoms with E-state index in [1.54, 1.807) is 12.1 Å². The average molecular weight is 476 g/mol. The maximum atomic E-state index is 14.3. The van der Waals surface area contributed by atoms with E-state index in [-0.39, 0.29) is 23.3 Å². The van der Waals surface area contributed by atoms with Crippen LogP contribution < -0.4 is 4.74 Å². The van der Waals surface area contributed by atoms with Crippen LogP contribution in [0.25, 0.3) is 10.8 Å². The number of likely N-dealkylation sites (tertiary alicyclic amines) is 1. The molecule has 2 aromatic rings. The van der Waals surface area contributed by atoms with Crippen LogP contribution in [0.4, 0.5) is 13.2 Å². The molecule has 0 N–H and O–H groups in total. The number of hydrogen-bond donors (Lipinski definition) is 0. The summed E-state index contributed by atoms with van der Waals surface area (Å²) in [5.74, 6) is 1.38. The molecule has 0 radical (unpaired) electrons. The van der Waals surface area contributed by atoms with Crippen LogP contribution >= 0.6 is 0 Å². The summed E-state index contributed by atoms with van der Waals surface area (Å²) in [5, 5.41) is 0.894. The number of piperidine rings is 1. The second kappa shape index (κ2) is 10.9. The lowest BCUT2D eigenvalue weighted by atomic mass is 9.86.